The second-order valence-electron chi connectivity index (χ2n) is 16.7. The van der Waals surface area contributed by atoms with Crippen LogP contribution in [-0.4, -0.2) is 22.9 Å². The van der Waals surface area contributed by atoms with Gasteiger partial charge in [-0.2, -0.15) is 0 Å². The maximum Gasteiger partial charge on any atom is 0.0548 e. The minimum atomic E-state index is 0. The molecule has 5 heteroatoms. The molecule has 13 aromatic rings. The third kappa shape index (κ3) is 7.19. The largest absolute Gasteiger partial charge is 0.354 e. The molecule has 3 radical (unpaired) electrons. The van der Waals surface area contributed by atoms with Gasteiger partial charge in [0.2, 0.25) is 0 Å². The summed E-state index contributed by atoms with van der Waals surface area (Å²) in [4.78, 5) is 7.14. The van der Waals surface area contributed by atoms with Crippen LogP contribution in [0.25, 0.3) is 104 Å². The molecule has 0 bridgehead atoms. The zero-order valence-electron chi connectivity index (χ0n) is 36.0. The van der Waals surface area contributed by atoms with Gasteiger partial charge in [0, 0.05) is 73.0 Å². The number of para-hydroxylation sites is 3. The predicted molar refractivity (Wildman–Crippen MR) is 285 cm³/mol. The average molecular weight is 908 g/mol. The smallest absolute Gasteiger partial charge is 0.0548 e. The van der Waals surface area contributed by atoms with Crippen molar-refractivity contribution in [3.05, 3.63) is 246 Å². The number of aromatic amines is 2. The number of H-pyrrole nitrogens is 2. The molecule has 0 unspecified atom stereocenters. The van der Waals surface area contributed by atoms with Crippen molar-refractivity contribution >= 4 is 89.8 Å². The highest BCUT2D eigenvalue weighted by molar-refractivity contribution is 9.10. The molecule has 3 nitrogen and oxygen atoms in total. The van der Waals surface area contributed by atoms with E-state index in [1.54, 1.807) is 0 Å². The monoisotopic (exact) mass is 906 g/mol. The van der Waals surface area contributed by atoms with Gasteiger partial charge in [0.25, 0.3) is 0 Å². The Hall–Kier alpha value is -7.86. The summed E-state index contributed by atoms with van der Waals surface area (Å²) in [5, 5.41) is 7.87. The summed E-state index contributed by atoms with van der Waals surface area (Å²) in [6.07, 6.45) is 1.06. The van der Waals surface area contributed by atoms with E-state index < -0.39 is 0 Å². The molecule has 0 saturated heterocycles. The molecule has 10 aromatic carbocycles. The predicted octanol–water partition coefficient (Wildman–Crippen LogP) is 16.7. The highest BCUT2D eigenvalue weighted by Crippen LogP contribution is 2.44. The fraction of sp³-hybridized carbons (Fsp3) is 0.0164. The maximum absolute atomic E-state index is 3.60. The van der Waals surface area contributed by atoms with E-state index in [0.29, 0.717) is 0 Å². The van der Waals surface area contributed by atoms with Crippen LogP contribution in [0.4, 0.5) is 0 Å². The van der Waals surface area contributed by atoms with E-state index in [0.717, 1.165) is 10.9 Å². The van der Waals surface area contributed by atoms with Gasteiger partial charge in [-0.15, -0.1) is 0 Å². The first-order valence-corrected chi connectivity index (χ1v) is 23.0. The van der Waals surface area contributed by atoms with Crippen LogP contribution >= 0.6 is 15.9 Å². The van der Waals surface area contributed by atoms with Crippen LogP contribution in [0.1, 0.15) is 11.1 Å². The standard InChI is InChI=1S/C30H20N2.C19H13N.C12H9Br.B/c1-2-8-20(9-3-1)21-14-16-22(17-15-21)32-27-13-7-5-11-24(27)30-28(32)19-18-26-29(30)23-10-4-6-12-25(23)31-26;1-2-6-14-12(5-1)11-13-9-10-17-19(18(13)14)15-7-3-4-8-16(15)20-17;13-12-8-6-11(7-9-12)10-4-2-1-3-5-10;/h1-19,31H;1-10,20H,11H2;1-9H;. The maximum atomic E-state index is 3.60. The van der Waals surface area contributed by atoms with E-state index in [2.05, 4.69) is 255 Å². The number of hydrogen-bond donors (Lipinski definition) is 2. The Bertz CT molecular complexity index is 3850. The fourth-order valence-corrected chi connectivity index (χ4v) is 10.2. The van der Waals surface area contributed by atoms with E-state index in [1.807, 2.05) is 6.07 Å². The van der Waals surface area contributed by atoms with Gasteiger partial charge in [-0.05, 0) is 112 Å². The third-order valence-electron chi connectivity index (χ3n) is 12.9. The molecule has 3 aromatic heterocycles. The van der Waals surface area contributed by atoms with Crippen molar-refractivity contribution in [3.8, 4) is 39.1 Å². The van der Waals surface area contributed by atoms with Crippen LogP contribution in [0.5, 0.6) is 0 Å². The summed E-state index contributed by atoms with van der Waals surface area (Å²) in [5.74, 6) is 0. The minimum Gasteiger partial charge on any atom is -0.354 e. The van der Waals surface area contributed by atoms with E-state index in [9.17, 15) is 0 Å². The first-order valence-electron chi connectivity index (χ1n) is 22.2. The van der Waals surface area contributed by atoms with Gasteiger partial charge in [0.15, 0.2) is 0 Å². The van der Waals surface area contributed by atoms with Gasteiger partial charge < -0.3 is 14.5 Å². The van der Waals surface area contributed by atoms with Gasteiger partial charge in [-0.1, -0.05) is 186 Å². The van der Waals surface area contributed by atoms with Crippen LogP contribution in [0.15, 0.2) is 235 Å². The zero-order chi connectivity index (χ0) is 43.3. The van der Waals surface area contributed by atoms with Crippen molar-refractivity contribution in [2.45, 2.75) is 6.42 Å². The van der Waals surface area contributed by atoms with Crippen LogP contribution in [0, 0.1) is 0 Å². The lowest BCUT2D eigenvalue weighted by Crippen LogP contribution is -1.93. The summed E-state index contributed by atoms with van der Waals surface area (Å²) in [7, 11) is 0. The molecule has 0 spiro atoms. The van der Waals surface area contributed by atoms with E-state index in [4.69, 9.17) is 0 Å². The quantitative estimate of drug-likeness (QED) is 0.166. The van der Waals surface area contributed by atoms with Gasteiger partial charge in [0.1, 0.15) is 0 Å². The first-order chi connectivity index (χ1) is 32.2. The molecule has 0 amide bonds. The average Bonchev–Trinajstić information content (AvgIpc) is 4.14. The third-order valence-corrected chi connectivity index (χ3v) is 13.4. The van der Waals surface area contributed by atoms with Gasteiger partial charge in [-0.25, -0.2) is 0 Å². The lowest BCUT2D eigenvalue weighted by Gasteiger charge is -2.09. The van der Waals surface area contributed by atoms with Crippen molar-refractivity contribution in [3.63, 3.8) is 0 Å². The summed E-state index contributed by atoms with van der Waals surface area (Å²) >= 11 is 3.42. The van der Waals surface area contributed by atoms with E-state index >= 15 is 0 Å². The van der Waals surface area contributed by atoms with Crippen molar-refractivity contribution in [1.82, 2.24) is 14.5 Å². The number of rotatable bonds is 3. The molecular weight excluding hydrogens is 865 g/mol. The van der Waals surface area contributed by atoms with Crippen LogP contribution in [0.2, 0.25) is 0 Å². The van der Waals surface area contributed by atoms with Crippen LogP contribution < -0.4 is 0 Å². The van der Waals surface area contributed by atoms with Crippen molar-refractivity contribution < 1.29 is 0 Å². The lowest BCUT2D eigenvalue weighted by molar-refractivity contribution is 1.18. The zero-order valence-corrected chi connectivity index (χ0v) is 37.6. The Labute approximate surface area is 393 Å². The molecule has 3 heterocycles. The minimum absolute atomic E-state index is 0. The molecule has 2 N–H and O–H groups in total. The number of nitrogens with zero attached hydrogens (tertiary/aromatic N) is 1. The van der Waals surface area contributed by atoms with Gasteiger partial charge in [-0.3, -0.25) is 0 Å². The highest BCUT2D eigenvalue weighted by Gasteiger charge is 2.22. The first kappa shape index (κ1) is 40.9. The van der Waals surface area contributed by atoms with Crippen LogP contribution in [0.3, 0.4) is 0 Å². The van der Waals surface area contributed by atoms with Crippen molar-refractivity contribution in [2.24, 2.45) is 0 Å². The topological polar surface area (TPSA) is 36.5 Å². The number of nitrogens with one attached hydrogen (secondary N) is 2. The van der Waals surface area contributed by atoms with E-state index in [1.165, 1.54) is 116 Å². The van der Waals surface area contributed by atoms with Crippen molar-refractivity contribution in [2.75, 3.05) is 0 Å². The van der Waals surface area contributed by atoms with Crippen LogP contribution in [-0.2, 0) is 6.42 Å². The summed E-state index contributed by atoms with van der Waals surface area (Å²) in [6.45, 7) is 0. The summed E-state index contributed by atoms with van der Waals surface area (Å²) < 4.78 is 3.51. The molecule has 14 rings (SSSR count). The molecular formula is C61H42BBrN3. The lowest BCUT2D eigenvalue weighted by atomic mass is 9.99. The number of halogens is 1. The number of benzene rings is 10. The number of hydrogen-bond acceptors (Lipinski definition) is 0. The second kappa shape index (κ2) is 17.3. The van der Waals surface area contributed by atoms with Gasteiger partial charge >= 0.3 is 0 Å². The SMILES string of the molecule is Brc1ccc(-c2ccccc2)cc1.[B].c1ccc(-c2ccc(-n3c4ccccc4c4c5c(ccc43)[nH]c3ccccc35)cc2)cc1.c1ccc2c(c1)Cc1ccc3[nH]c4ccccc4c3c1-2. The molecule has 0 saturated carbocycles. The molecule has 0 fully saturated rings. The normalized spacial score (nSPS) is 11.5. The number of fused-ring (bicyclic) bond motifs is 14. The Morgan fingerprint density at radius 3 is 1.52 bits per heavy atom. The molecule has 66 heavy (non-hydrogen) atoms. The summed E-state index contributed by atoms with van der Waals surface area (Å²) in [5.41, 5.74) is 19.2. The number of aromatic nitrogens is 3. The van der Waals surface area contributed by atoms with Gasteiger partial charge in [0.05, 0.1) is 11.0 Å². The Morgan fingerprint density at radius 1 is 0.348 bits per heavy atom. The molecule has 311 valence electrons. The fourth-order valence-electron chi connectivity index (χ4n) is 9.95. The molecule has 0 aliphatic heterocycles. The van der Waals surface area contributed by atoms with E-state index in [-0.39, 0.29) is 8.41 Å². The summed E-state index contributed by atoms with van der Waals surface area (Å²) in [6, 6.07) is 81.8. The Balaban J connectivity index is 0.000000121. The highest BCUT2D eigenvalue weighted by atomic mass is 79.9. The second-order valence-corrected chi connectivity index (χ2v) is 17.6. The molecule has 1 aliphatic rings. The Morgan fingerprint density at radius 2 is 0.848 bits per heavy atom. The van der Waals surface area contributed by atoms with Crippen molar-refractivity contribution in [1.29, 1.82) is 0 Å². The Kier molecular flexibility index (Phi) is 10.7. The molecule has 1 aliphatic carbocycles. The molecule has 0 atom stereocenters.